The fourth-order valence-corrected chi connectivity index (χ4v) is 2.77. The van der Waals surface area contributed by atoms with Crippen molar-refractivity contribution in [3.8, 4) is 0 Å². The Hall–Kier alpha value is -1.02. The van der Waals surface area contributed by atoms with Crippen LogP contribution in [0.4, 0.5) is 0 Å². The van der Waals surface area contributed by atoms with Crippen LogP contribution in [0, 0.1) is 0 Å². The summed E-state index contributed by atoms with van der Waals surface area (Å²) in [4.78, 5) is 6.04. The maximum absolute atomic E-state index is 5.32. The van der Waals surface area contributed by atoms with Crippen molar-refractivity contribution in [1.29, 1.82) is 0 Å². The molecule has 0 spiro atoms. The smallest absolute Gasteiger partial charge is 0.191 e. The molecular formula is C16H24IN3OS. The molecule has 0 bridgehead atoms. The van der Waals surface area contributed by atoms with Gasteiger partial charge in [-0.2, -0.15) is 0 Å². The number of guanidine groups is 1. The van der Waals surface area contributed by atoms with Crippen molar-refractivity contribution >= 4 is 41.3 Å². The second-order valence-corrected chi connectivity index (χ2v) is 5.87. The minimum absolute atomic E-state index is 0. The lowest BCUT2D eigenvalue weighted by Crippen LogP contribution is -2.38. The third-order valence-corrected chi connectivity index (χ3v) is 4.24. The zero-order valence-corrected chi connectivity index (χ0v) is 16.2. The molecule has 0 radical (unpaired) electrons. The summed E-state index contributed by atoms with van der Waals surface area (Å²) in [6.07, 6.45) is 2.56. The second kappa shape index (κ2) is 10.7. The lowest BCUT2D eigenvalue weighted by Gasteiger charge is -2.12. The second-order valence-electron chi connectivity index (χ2n) is 4.89. The van der Waals surface area contributed by atoms with Crippen LogP contribution in [-0.2, 0) is 6.42 Å². The Labute approximate surface area is 153 Å². The molecular weight excluding hydrogens is 409 g/mol. The highest BCUT2D eigenvalue weighted by molar-refractivity contribution is 14.0. The van der Waals surface area contributed by atoms with Crippen molar-refractivity contribution in [2.24, 2.45) is 4.99 Å². The molecule has 0 fully saturated rings. The molecule has 2 heterocycles. The number of halogens is 1. The monoisotopic (exact) mass is 433 g/mol. The molecule has 22 heavy (non-hydrogen) atoms. The van der Waals surface area contributed by atoms with Gasteiger partial charge in [-0.05, 0) is 30.5 Å². The van der Waals surface area contributed by atoms with E-state index in [1.54, 1.807) is 17.6 Å². The molecule has 0 aliphatic carbocycles. The molecule has 0 saturated carbocycles. The van der Waals surface area contributed by atoms with Crippen molar-refractivity contribution in [3.63, 3.8) is 0 Å². The molecule has 2 rings (SSSR count). The number of thiophene rings is 1. The molecule has 1 unspecified atom stereocenters. The van der Waals surface area contributed by atoms with Gasteiger partial charge in [0.15, 0.2) is 5.96 Å². The minimum Gasteiger partial charge on any atom is -0.469 e. The fraction of sp³-hybridized carbons (Fsp3) is 0.438. The van der Waals surface area contributed by atoms with Crippen molar-refractivity contribution in [2.75, 3.05) is 19.6 Å². The number of hydrogen-bond donors (Lipinski definition) is 2. The lowest BCUT2D eigenvalue weighted by atomic mass is 10.1. The van der Waals surface area contributed by atoms with Gasteiger partial charge in [-0.3, -0.25) is 4.99 Å². The van der Waals surface area contributed by atoms with Crippen LogP contribution in [0.3, 0.4) is 0 Å². The minimum atomic E-state index is 0. The molecule has 0 amide bonds. The molecule has 0 aromatic carbocycles. The van der Waals surface area contributed by atoms with Crippen LogP contribution in [0.1, 0.15) is 30.4 Å². The fourth-order valence-electron chi connectivity index (χ4n) is 1.99. The van der Waals surface area contributed by atoms with Crippen LogP contribution in [0.2, 0.25) is 0 Å². The number of aliphatic imine (C=N–C) groups is 1. The van der Waals surface area contributed by atoms with Gasteiger partial charge in [-0.1, -0.05) is 13.0 Å². The first kappa shape index (κ1) is 19.0. The Bertz CT molecular complexity index is 526. The van der Waals surface area contributed by atoms with Crippen molar-refractivity contribution in [2.45, 2.75) is 26.2 Å². The summed E-state index contributed by atoms with van der Waals surface area (Å²) in [5.41, 5.74) is 0. The Morgan fingerprint density at radius 2 is 2.18 bits per heavy atom. The molecule has 0 saturated heterocycles. The van der Waals surface area contributed by atoms with E-state index < -0.39 is 0 Å². The van der Waals surface area contributed by atoms with E-state index >= 15 is 0 Å². The molecule has 122 valence electrons. The first-order valence-electron chi connectivity index (χ1n) is 7.37. The summed E-state index contributed by atoms with van der Waals surface area (Å²) in [6, 6.07) is 8.16. The molecule has 1 atom stereocenters. The largest absolute Gasteiger partial charge is 0.469 e. The van der Waals surface area contributed by atoms with E-state index in [0.29, 0.717) is 5.92 Å². The average molecular weight is 433 g/mol. The maximum Gasteiger partial charge on any atom is 0.191 e. The predicted octanol–water partition coefficient (Wildman–Crippen LogP) is 3.86. The standard InChI is InChI=1S/C16H23N3OS.HI/c1-3-17-16(18-9-8-14-6-4-10-20-14)19-12-13(2)15-7-5-11-21-15;/h4-7,10-11,13H,3,8-9,12H2,1-2H3,(H2,17,18,19);1H. The molecule has 6 heteroatoms. The summed E-state index contributed by atoms with van der Waals surface area (Å²) < 4.78 is 5.32. The summed E-state index contributed by atoms with van der Waals surface area (Å²) in [7, 11) is 0. The van der Waals surface area contributed by atoms with E-state index in [1.165, 1.54) is 4.88 Å². The van der Waals surface area contributed by atoms with Gasteiger partial charge in [0.2, 0.25) is 0 Å². The summed E-state index contributed by atoms with van der Waals surface area (Å²) in [5, 5.41) is 8.73. The molecule has 0 aliphatic rings. The summed E-state index contributed by atoms with van der Waals surface area (Å²) >= 11 is 1.79. The lowest BCUT2D eigenvalue weighted by molar-refractivity contribution is 0.507. The third-order valence-electron chi connectivity index (χ3n) is 3.14. The molecule has 4 nitrogen and oxygen atoms in total. The normalized spacial score (nSPS) is 12.5. The molecule has 0 aliphatic heterocycles. The number of nitrogens with zero attached hydrogens (tertiary/aromatic N) is 1. The summed E-state index contributed by atoms with van der Waals surface area (Å²) in [5.74, 6) is 2.31. The third kappa shape index (κ3) is 6.39. The van der Waals surface area contributed by atoms with Crippen molar-refractivity contribution < 1.29 is 4.42 Å². The van der Waals surface area contributed by atoms with Crippen LogP contribution < -0.4 is 10.6 Å². The zero-order valence-electron chi connectivity index (χ0n) is 13.0. The number of rotatable bonds is 7. The molecule has 2 aromatic heterocycles. The Balaban J connectivity index is 0.00000242. The van der Waals surface area contributed by atoms with Gasteiger partial charge < -0.3 is 15.1 Å². The van der Waals surface area contributed by atoms with Gasteiger partial charge in [0.05, 0.1) is 12.8 Å². The van der Waals surface area contributed by atoms with E-state index in [2.05, 4.69) is 47.0 Å². The van der Waals surface area contributed by atoms with E-state index in [-0.39, 0.29) is 24.0 Å². The van der Waals surface area contributed by atoms with Crippen LogP contribution in [0.5, 0.6) is 0 Å². The number of hydrogen-bond acceptors (Lipinski definition) is 3. The topological polar surface area (TPSA) is 49.6 Å². The van der Waals surface area contributed by atoms with Gasteiger partial charge in [-0.25, -0.2) is 0 Å². The van der Waals surface area contributed by atoms with E-state index in [9.17, 15) is 0 Å². The van der Waals surface area contributed by atoms with Crippen LogP contribution >= 0.6 is 35.3 Å². The van der Waals surface area contributed by atoms with Crippen LogP contribution in [0.25, 0.3) is 0 Å². The van der Waals surface area contributed by atoms with E-state index in [4.69, 9.17) is 4.42 Å². The predicted molar refractivity (Wildman–Crippen MR) is 105 cm³/mol. The maximum atomic E-state index is 5.32. The Morgan fingerprint density at radius 1 is 1.32 bits per heavy atom. The highest BCUT2D eigenvalue weighted by Gasteiger charge is 2.06. The van der Waals surface area contributed by atoms with Gasteiger partial charge >= 0.3 is 0 Å². The quantitative estimate of drug-likeness (QED) is 0.396. The Morgan fingerprint density at radius 3 is 2.82 bits per heavy atom. The highest BCUT2D eigenvalue weighted by Crippen LogP contribution is 2.20. The first-order valence-corrected chi connectivity index (χ1v) is 8.25. The zero-order chi connectivity index (χ0) is 14.9. The number of nitrogens with one attached hydrogen (secondary N) is 2. The van der Waals surface area contributed by atoms with E-state index in [1.807, 2.05) is 12.1 Å². The van der Waals surface area contributed by atoms with Crippen LogP contribution in [-0.4, -0.2) is 25.6 Å². The summed E-state index contributed by atoms with van der Waals surface area (Å²) in [6.45, 7) is 6.75. The Kier molecular flexibility index (Phi) is 9.22. The number of furan rings is 1. The van der Waals surface area contributed by atoms with Gasteiger partial charge in [0, 0.05) is 30.3 Å². The van der Waals surface area contributed by atoms with E-state index in [0.717, 1.165) is 37.8 Å². The molecule has 2 N–H and O–H groups in total. The first-order chi connectivity index (χ1) is 10.3. The van der Waals surface area contributed by atoms with Gasteiger partial charge in [-0.15, -0.1) is 35.3 Å². The molecule has 2 aromatic rings. The van der Waals surface area contributed by atoms with Gasteiger partial charge in [0.25, 0.3) is 0 Å². The van der Waals surface area contributed by atoms with Crippen molar-refractivity contribution in [3.05, 3.63) is 46.5 Å². The highest BCUT2D eigenvalue weighted by atomic mass is 127. The van der Waals surface area contributed by atoms with Gasteiger partial charge in [0.1, 0.15) is 5.76 Å². The average Bonchev–Trinajstić information content (AvgIpc) is 3.17. The SMILES string of the molecule is CCNC(=NCC(C)c1cccs1)NCCc1ccco1.I. The van der Waals surface area contributed by atoms with Crippen molar-refractivity contribution in [1.82, 2.24) is 10.6 Å². The van der Waals surface area contributed by atoms with Crippen LogP contribution in [0.15, 0.2) is 45.3 Å².